The molecule has 21 heavy (non-hydrogen) atoms. The van der Waals surface area contributed by atoms with Gasteiger partial charge in [0.1, 0.15) is 0 Å². The molecule has 0 aliphatic heterocycles. The van der Waals surface area contributed by atoms with Crippen LogP contribution in [0.4, 0.5) is 0 Å². The van der Waals surface area contributed by atoms with Gasteiger partial charge in [-0.2, -0.15) is 0 Å². The molecule has 2 aliphatic carbocycles. The highest BCUT2D eigenvalue weighted by Gasteiger charge is 2.56. The molecule has 0 aromatic heterocycles. The standard InChI is InChI=1S/C17H26O4/c1-4-20-15(18)17(16(19)21-5-2)10-13-8-6-7-12(3)9-14(13)11-17/h9,13-14H,4-8,10-11H2,1-3H3/t13-,14+/m0/s1. The number of esters is 2. The minimum absolute atomic E-state index is 0.293. The van der Waals surface area contributed by atoms with Crippen LogP contribution in [0.25, 0.3) is 0 Å². The maximum atomic E-state index is 12.5. The number of rotatable bonds is 4. The van der Waals surface area contributed by atoms with Crippen molar-refractivity contribution in [3.63, 3.8) is 0 Å². The Balaban J connectivity index is 2.28. The molecule has 0 saturated heterocycles. The minimum Gasteiger partial charge on any atom is -0.465 e. The Morgan fingerprint density at radius 2 is 1.81 bits per heavy atom. The van der Waals surface area contributed by atoms with Gasteiger partial charge < -0.3 is 9.47 Å². The van der Waals surface area contributed by atoms with Crippen molar-refractivity contribution in [1.29, 1.82) is 0 Å². The van der Waals surface area contributed by atoms with Gasteiger partial charge in [0.15, 0.2) is 5.41 Å². The van der Waals surface area contributed by atoms with Gasteiger partial charge in [0.05, 0.1) is 13.2 Å². The van der Waals surface area contributed by atoms with Crippen molar-refractivity contribution in [3.8, 4) is 0 Å². The van der Waals surface area contributed by atoms with Gasteiger partial charge in [-0.05, 0) is 64.7 Å². The molecule has 0 N–H and O–H groups in total. The monoisotopic (exact) mass is 294 g/mol. The molecule has 0 bridgehead atoms. The summed E-state index contributed by atoms with van der Waals surface area (Å²) >= 11 is 0. The fraction of sp³-hybridized carbons (Fsp3) is 0.765. The molecule has 0 amide bonds. The molecule has 0 unspecified atom stereocenters. The molecule has 0 radical (unpaired) electrons. The van der Waals surface area contributed by atoms with Gasteiger partial charge in [-0.1, -0.05) is 11.6 Å². The summed E-state index contributed by atoms with van der Waals surface area (Å²) < 4.78 is 10.4. The van der Waals surface area contributed by atoms with Crippen molar-refractivity contribution >= 4 is 11.9 Å². The van der Waals surface area contributed by atoms with Gasteiger partial charge in [0.2, 0.25) is 0 Å². The second-order valence-corrected chi connectivity index (χ2v) is 6.26. The van der Waals surface area contributed by atoms with E-state index >= 15 is 0 Å². The summed E-state index contributed by atoms with van der Waals surface area (Å²) in [4.78, 5) is 24.9. The summed E-state index contributed by atoms with van der Waals surface area (Å²) in [6.07, 6.45) is 6.69. The second-order valence-electron chi connectivity index (χ2n) is 6.26. The third-order valence-corrected chi connectivity index (χ3v) is 4.78. The van der Waals surface area contributed by atoms with Gasteiger partial charge >= 0.3 is 11.9 Å². The first-order valence-electron chi connectivity index (χ1n) is 8.05. The lowest BCUT2D eigenvalue weighted by Crippen LogP contribution is -2.40. The summed E-state index contributed by atoms with van der Waals surface area (Å²) in [5.74, 6) is -0.122. The van der Waals surface area contributed by atoms with Crippen LogP contribution in [0.2, 0.25) is 0 Å². The van der Waals surface area contributed by atoms with Gasteiger partial charge in [-0.25, -0.2) is 0 Å². The molecule has 2 rings (SSSR count). The van der Waals surface area contributed by atoms with Crippen LogP contribution in [0.1, 0.15) is 52.9 Å². The molecule has 118 valence electrons. The topological polar surface area (TPSA) is 52.6 Å². The lowest BCUT2D eigenvalue weighted by atomic mass is 9.84. The Hall–Kier alpha value is -1.32. The van der Waals surface area contributed by atoms with E-state index in [1.54, 1.807) is 13.8 Å². The lowest BCUT2D eigenvalue weighted by molar-refractivity contribution is -0.172. The average molecular weight is 294 g/mol. The Morgan fingerprint density at radius 3 is 2.38 bits per heavy atom. The van der Waals surface area contributed by atoms with Gasteiger partial charge in [0.25, 0.3) is 0 Å². The zero-order valence-corrected chi connectivity index (χ0v) is 13.3. The number of ether oxygens (including phenoxy) is 2. The first-order chi connectivity index (χ1) is 10.0. The lowest BCUT2D eigenvalue weighted by Gasteiger charge is -2.24. The zero-order chi connectivity index (χ0) is 15.5. The minimum atomic E-state index is -1.09. The van der Waals surface area contributed by atoms with Crippen molar-refractivity contribution in [3.05, 3.63) is 11.6 Å². The molecule has 1 saturated carbocycles. The highest BCUT2D eigenvalue weighted by Crippen LogP contribution is 2.51. The largest absolute Gasteiger partial charge is 0.465 e. The molecule has 0 aromatic rings. The van der Waals surface area contributed by atoms with Gasteiger partial charge in [-0.3, -0.25) is 9.59 Å². The van der Waals surface area contributed by atoms with Crippen molar-refractivity contribution < 1.29 is 19.1 Å². The number of fused-ring (bicyclic) bond motifs is 1. The fourth-order valence-electron chi connectivity index (χ4n) is 3.81. The second kappa shape index (κ2) is 6.63. The highest BCUT2D eigenvalue weighted by atomic mass is 16.6. The van der Waals surface area contributed by atoms with E-state index in [9.17, 15) is 9.59 Å². The Kier molecular flexibility index (Phi) is 5.07. The van der Waals surface area contributed by atoms with Crippen LogP contribution in [0, 0.1) is 17.3 Å². The number of allylic oxidation sites excluding steroid dienone is 2. The molecular weight excluding hydrogens is 268 g/mol. The average Bonchev–Trinajstić information content (AvgIpc) is 2.71. The summed E-state index contributed by atoms with van der Waals surface area (Å²) in [5.41, 5.74) is 0.279. The van der Waals surface area contributed by atoms with Crippen LogP contribution in [0.3, 0.4) is 0 Å². The quantitative estimate of drug-likeness (QED) is 0.454. The summed E-state index contributed by atoms with van der Waals surface area (Å²) in [6.45, 7) is 6.27. The maximum absolute atomic E-state index is 12.5. The number of carbonyl (C=O) groups is 2. The predicted octanol–water partition coefficient (Wildman–Crippen LogP) is 3.26. The summed E-state index contributed by atoms with van der Waals surface area (Å²) in [6, 6.07) is 0. The number of hydrogen-bond donors (Lipinski definition) is 0. The Labute approximate surface area is 126 Å². The molecule has 0 heterocycles. The Bertz CT molecular complexity index is 420. The third-order valence-electron chi connectivity index (χ3n) is 4.78. The van der Waals surface area contributed by atoms with E-state index in [4.69, 9.17) is 9.47 Å². The molecule has 4 nitrogen and oxygen atoms in total. The van der Waals surface area contributed by atoms with E-state index in [2.05, 4.69) is 13.0 Å². The zero-order valence-electron chi connectivity index (χ0n) is 13.3. The van der Waals surface area contributed by atoms with E-state index < -0.39 is 17.4 Å². The van der Waals surface area contributed by atoms with Crippen molar-refractivity contribution in [2.45, 2.75) is 52.9 Å². The van der Waals surface area contributed by atoms with Crippen LogP contribution in [0.15, 0.2) is 11.6 Å². The van der Waals surface area contributed by atoms with E-state index in [-0.39, 0.29) is 0 Å². The van der Waals surface area contributed by atoms with Crippen molar-refractivity contribution in [2.75, 3.05) is 13.2 Å². The van der Waals surface area contributed by atoms with E-state index in [1.807, 2.05) is 0 Å². The summed E-state index contributed by atoms with van der Waals surface area (Å²) in [5, 5.41) is 0. The summed E-state index contributed by atoms with van der Waals surface area (Å²) in [7, 11) is 0. The molecule has 0 aromatic carbocycles. The van der Waals surface area contributed by atoms with E-state index in [1.165, 1.54) is 5.57 Å². The number of carbonyl (C=O) groups excluding carboxylic acids is 2. The smallest absolute Gasteiger partial charge is 0.323 e. The van der Waals surface area contributed by atoms with Crippen LogP contribution >= 0.6 is 0 Å². The SMILES string of the molecule is CCOC(=O)C1(C(=O)OCC)C[C@@H]2CCCC(C)=C[C@@H]2C1. The maximum Gasteiger partial charge on any atom is 0.323 e. The molecule has 1 fully saturated rings. The number of hydrogen-bond acceptors (Lipinski definition) is 4. The molecular formula is C17H26O4. The van der Waals surface area contributed by atoms with Gasteiger partial charge in [0, 0.05) is 0 Å². The van der Waals surface area contributed by atoms with Crippen molar-refractivity contribution in [1.82, 2.24) is 0 Å². The fourth-order valence-corrected chi connectivity index (χ4v) is 3.81. The van der Waals surface area contributed by atoms with Gasteiger partial charge in [-0.15, -0.1) is 0 Å². The normalized spacial score (nSPS) is 27.3. The molecule has 2 aliphatic rings. The van der Waals surface area contributed by atoms with E-state index in [0.29, 0.717) is 37.9 Å². The first kappa shape index (κ1) is 16.1. The third kappa shape index (κ3) is 3.14. The van der Waals surface area contributed by atoms with Crippen LogP contribution in [-0.2, 0) is 19.1 Å². The van der Waals surface area contributed by atoms with E-state index in [0.717, 1.165) is 19.3 Å². The van der Waals surface area contributed by atoms with Crippen LogP contribution in [-0.4, -0.2) is 25.2 Å². The van der Waals surface area contributed by atoms with Crippen LogP contribution in [0.5, 0.6) is 0 Å². The first-order valence-corrected chi connectivity index (χ1v) is 8.05. The Morgan fingerprint density at radius 1 is 1.19 bits per heavy atom. The molecule has 0 spiro atoms. The van der Waals surface area contributed by atoms with Crippen molar-refractivity contribution in [2.24, 2.45) is 17.3 Å². The highest BCUT2D eigenvalue weighted by molar-refractivity contribution is 6.00. The molecule has 2 atom stereocenters. The predicted molar refractivity (Wildman–Crippen MR) is 79.5 cm³/mol. The van der Waals surface area contributed by atoms with Crippen LogP contribution < -0.4 is 0 Å². The molecule has 4 heteroatoms.